The molecule has 222 valence electrons. The Labute approximate surface area is 243 Å². The second-order valence-corrected chi connectivity index (χ2v) is 11.1. The number of nitrogens with zero attached hydrogens (tertiary/aromatic N) is 1. The Balaban J connectivity index is 1.71. The largest absolute Gasteiger partial charge is 0.481 e. The number of carboxylic acid groups (broad SMARTS) is 1. The molecule has 1 amide bonds. The fourth-order valence-corrected chi connectivity index (χ4v) is 5.22. The predicted octanol–water partition coefficient (Wildman–Crippen LogP) is 3.96. The van der Waals surface area contributed by atoms with Crippen LogP contribution in [0.15, 0.2) is 60.7 Å². The van der Waals surface area contributed by atoms with E-state index < -0.39 is 23.8 Å². The molecule has 0 spiro atoms. The highest BCUT2D eigenvalue weighted by Crippen LogP contribution is 2.21. The molecule has 0 saturated carbocycles. The number of benzene rings is 2. The number of carbonyl (C=O) groups is 4. The topological polar surface area (TPSA) is 113 Å². The molecule has 1 aliphatic heterocycles. The number of rotatable bonds is 17. The lowest BCUT2D eigenvalue weighted by Gasteiger charge is -2.28. The number of amides is 1. The van der Waals surface area contributed by atoms with E-state index in [9.17, 15) is 24.3 Å². The van der Waals surface area contributed by atoms with Gasteiger partial charge in [-0.1, -0.05) is 80.9 Å². The van der Waals surface area contributed by atoms with Gasteiger partial charge in [-0.05, 0) is 36.3 Å². The zero-order valence-electron chi connectivity index (χ0n) is 24.3. The maximum atomic E-state index is 13.7. The van der Waals surface area contributed by atoms with Gasteiger partial charge in [0.2, 0.25) is 5.91 Å². The van der Waals surface area contributed by atoms with Crippen molar-refractivity contribution in [3.05, 3.63) is 71.8 Å². The number of ether oxygens (including phenoxy) is 1. The van der Waals surface area contributed by atoms with Crippen LogP contribution in [0.3, 0.4) is 0 Å². The average molecular weight is 565 g/mol. The minimum absolute atomic E-state index is 0.0136. The smallest absolute Gasteiger partial charge is 0.307 e. The standard InChI is InChI=1S/C33H44N2O6/c1-3-24(2)31(30(37)22-28(33(39)40)20-26-12-8-5-9-13-26)34-32(38)27(15-14-25-10-6-4-7-11-25)21-29(36)23-35-16-18-41-19-17-35/h4-13,24,27-28,31H,3,14-23H2,1-2H3,(H,34,38)(H,39,40)/t24?,27-,28-,31+/m1/s1. The van der Waals surface area contributed by atoms with Gasteiger partial charge in [0.25, 0.3) is 0 Å². The first-order valence-electron chi connectivity index (χ1n) is 14.7. The zero-order chi connectivity index (χ0) is 29.6. The summed E-state index contributed by atoms with van der Waals surface area (Å²) in [4.78, 5) is 54.3. The Morgan fingerprint density at radius 2 is 1.51 bits per heavy atom. The number of morpholine rings is 1. The van der Waals surface area contributed by atoms with Crippen LogP contribution in [0.1, 0.15) is 50.7 Å². The van der Waals surface area contributed by atoms with Crippen LogP contribution in [0.5, 0.6) is 0 Å². The number of hydrogen-bond acceptors (Lipinski definition) is 6. The molecule has 0 radical (unpaired) electrons. The third-order valence-corrected chi connectivity index (χ3v) is 7.95. The molecule has 2 aromatic carbocycles. The summed E-state index contributed by atoms with van der Waals surface area (Å²) >= 11 is 0. The molecule has 1 heterocycles. The number of ketones is 2. The lowest BCUT2D eigenvalue weighted by Crippen LogP contribution is -2.48. The van der Waals surface area contributed by atoms with E-state index in [0.717, 1.165) is 11.1 Å². The first kappa shape index (κ1) is 32.2. The Hall–Kier alpha value is -3.36. The second-order valence-electron chi connectivity index (χ2n) is 11.1. The highest BCUT2D eigenvalue weighted by Gasteiger charge is 2.33. The van der Waals surface area contributed by atoms with Gasteiger partial charge >= 0.3 is 5.97 Å². The number of carboxylic acids is 1. The Bertz CT molecular complexity index is 1120. The molecule has 0 aromatic heterocycles. The molecule has 0 bridgehead atoms. The van der Waals surface area contributed by atoms with Crippen LogP contribution in [-0.4, -0.2) is 72.3 Å². The summed E-state index contributed by atoms with van der Waals surface area (Å²) in [6.07, 6.45) is 1.88. The fraction of sp³-hybridized carbons (Fsp3) is 0.515. The second kappa shape index (κ2) is 16.8. The van der Waals surface area contributed by atoms with Crippen LogP contribution in [-0.2, 0) is 36.8 Å². The van der Waals surface area contributed by atoms with Crippen LogP contribution in [0, 0.1) is 17.8 Å². The molecule has 2 aromatic rings. The molecule has 4 atom stereocenters. The number of carbonyl (C=O) groups excluding carboxylic acids is 3. The summed E-state index contributed by atoms with van der Waals surface area (Å²) in [5, 5.41) is 12.8. The summed E-state index contributed by atoms with van der Waals surface area (Å²) < 4.78 is 5.38. The van der Waals surface area contributed by atoms with Gasteiger partial charge in [0.1, 0.15) is 5.78 Å². The van der Waals surface area contributed by atoms with Crippen molar-refractivity contribution in [3.63, 3.8) is 0 Å². The predicted molar refractivity (Wildman–Crippen MR) is 157 cm³/mol. The van der Waals surface area contributed by atoms with E-state index in [4.69, 9.17) is 4.74 Å². The monoisotopic (exact) mass is 564 g/mol. The van der Waals surface area contributed by atoms with Crippen LogP contribution in [0.25, 0.3) is 0 Å². The lowest BCUT2D eigenvalue weighted by molar-refractivity contribution is -0.144. The van der Waals surface area contributed by atoms with Crippen LogP contribution >= 0.6 is 0 Å². The summed E-state index contributed by atoms with van der Waals surface area (Å²) in [6, 6.07) is 18.2. The van der Waals surface area contributed by atoms with Crippen molar-refractivity contribution in [1.82, 2.24) is 10.2 Å². The Morgan fingerprint density at radius 3 is 2.10 bits per heavy atom. The first-order valence-corrected chi connectivity index (χ1v) is 14.7. The maximum Gasteiger partial charge on any atom is 0.307 e. The third-order valence-electron chi connectivity index (χ3n) is 7.95. The molecule has 1 unspecified atom stereocenters. The van der Waals surface area contributed by atoms with Gasteiger partial charge in [0.15, 0.2) is 5.78 Å². The van der Waals surface area contributed by atoms with Crippen molar-refractivity contribution in [2.45, 2.75) is 58.4 Å². The quantitative estimate of drug-likeness (QED) is 0.299. The summed E-state index contributed by atoms with van der Waals surface area (Å²) in [6.45, 7) is 6.64. The van der Waals surface area contributed by atoms with Gasteiger partial charge in [-0.3, -0.25) is 24.1 Å². The van der Waals surface area contributed by atoms with E-state index in [1.165, 1.54) is 0 Å². The van der Waals surface area contributed by atoms with Crippen molar-refractivity contribution >= 4 is 23.4 Å². The van der Waals surface area contributed by atoms with Gasteiger partial charge in [-0.15, -0.1) is 0 Å². The summed E-state index contributed by atoms with van der Waals surface area (Å²) in [7, 11) is 0. The molecular weight excluding hydrogens is 520 g/mol. The lowest BCUT2D eigenvalue weighted by atomic mass is 9.86. The summed E-state index contributed by atoms with van der Waals surface area (Å²) in [5.74, 6) is -3.34. The van der Waals surface area contributed by atoms with E-state index in [-0.39, 0.29) is 49.2 Å². The minimum atomic E-state index is -1.04. The number of hydrogen-bond donors (Lipinski definition) is 2. The molecule has 1 fully saturated rings. The van der Waals surface area contributed by atoms with Gasteiger partial charge in [-0.25, -0.2) is 0 Å². The SMILES string of the molecule is CCC(C)[C@H](NC(=O)[C@H](CCc1ccccc1)CC(=O)CN1CCOCC1)C(=O)C[C@@H](Cc1ccccc1)C(=O)O. The number of aliphatic carboxylic acids is 1. The molecular formula is C33H44N2O6. The highest BCUT2D eigenvalue weighted by molar-refractivity contribution is 5.93. The van der Waals surface area contributed by atoms with E-state index in [1.807, 2.05) is 79.4 Å². The fourth-order valence-electron chi connectivity index (χ4n) is 5.22. The van der Waals surface area contributed by atoms with Gasteiger partial charge in [-0.2, -0.15) is 0 Å². The first-order chi connectivity index (χ1) is 19.8. The summed E-state index contributed by atoms with van der Waals surface area (Å²) in [5.41, 5.74) is 1.92. The van der Waals surface area contributed by atoms with E-state index >= 15 is 0 Å². The van der Waals surface area contributed by atoms with Crippen molar-refractivity contribution in [2.75, 3.05) is 32.8 Å². The van der Waals surface area contributed by atoms with Crippen molar-refractivity contribution in [1.29, 1.82) is 0 Å². The number of Topliss-reactive ketones (excluding diaryl/α,β-unsaturated/α-hetero) is 2. The van der Waals surface area contributed by atoms with Crippen molar-refractivity contribution in [2.24, 2.45) is 17.8 Å². The molecule has 0 aliphatic carbocycles. The van der Waals surface area contributed by atoms with Crippen molar-refractivity contribution in [3.8, 4) is 0 Å². The minimum Gasteiger partial charge on any atom is -0.481 e. The van der Waals surface area contributed by atoms with E-state index in [2.05, 4.69) is 5.32 Å². The third kappa shape index (κ3) is 10.9. The Kier molecular flexibility index (Phi) is 13.2. The van der Waals surface area contributed by atoms with Gasteiger partial charge < -0.3 is 15.2 Å². The van der Waals surface area contributed by atoms with Crippen LogP contribution < -0.4 is 5.32 Å². The number of nitrogens with one attached hydrogen (secondary N) is 1. The van der Waals surface area contributed by atoms with Crippen LogP contribution in [0.4, 0.5) is 0 Å². The Morgan fingerprint density at radius 1 is 0.902 bits per heavy atom. The van der Waals surface area contributed by atoms with Gasteiger partial charge in [0.05, 0.1) is 31.7 Å². The molecule has 1 aliphatic rings. The van der Waals surface area contributed by atoms with Gasteiger partial charge in [0, 0.05) is 31.8 Å². The van der Waals surface area contributed by atoms with Crippen LogP contribution in [0.2, 0.25) is 0 Å². The maximum absolute atomic E-state index is 13.7. The van der Waals surface area contributed by atoms with E-state index in [0.29, 0.717) is 45.6 Å². The van der Waals surface area contributed by atoms with E-state index in [1.54, 1.807) is 0 Å². The molecule has 3 rings (SSSR count). The van der Waals surface area contributed by atoms with Crippen molar-refractivity contribution < 1.29 is 29.0 Å². The highest BCUT2D eigenvalue weighted by atomic mass is 16.5. The molecule has 41 heavy (non-hydrogen) atoms. The molecule has 1 saturated heterocycles. The zero-order valence-corrected chi connectivity index (χ0v) is 24.3. The number of aryl methyl sites for hydroxylation is 1. The molecule has 2 N–H and O–H groups in total. The normalized spacial score (nSPS) is 16.7. The molecule has 8 nitrogen and oxygen atoms in total. The average Bonchev–Trinajstić information content (AvgIpc) is 2.98. The molecule has 8 heteroatoms.